The van der Waals surface area contributed by atoms with Gasteiger partial charge in [0.15, 0.2) is 0 Å². The molecular weight excluding hydrogens is 300 g/mol. The first-order valence-electron chi connectivity index (χ1n) is 6.34. The molecule has 0 atom stereocenters. The number of morpholine rings is 1. The van der Waals surface area contributed by atoms with Crippen molar-refractivity contribution in [1.82, 2.24) is 9.29 Å². The molecular formula is C13H19ClN2O3S. The number of ether oxygens (including phenoxy) is 1. The zero-order valence-electron chi connectivity index (χ0n) is 12.1. The summed E-state index contributed by atoms with van der Waals surface area (Å²) in [6.45, 7) is 8.16. The van der Waals surface area contributed by atoms with Crippen molar-refractivity contribution >= 4 is 21.6 Å². The minimum atomic E-state index is -3.59. The van der Waals surface area contributed by atoms with Gasteiger partial charge in [-0.1, -0.05) is 11.6 Å². The molecule has 1 aliphatic heterocycles. The van der Waals surface area contributed by atoms with E-state index in [2.05, 4.69) is 4.98 Å². The van der Waals surface area contributed by atoms with Crippen LogP contribution in [0.4, 0.5) is 0 Å². The maximum Gasteiger partial charge on any atom is 0.244 e. The van der Waals surface area contributed by atoms with Crippen LogP contribution in [-0.2, 0) is 14.8 Å². The van der Waals surface area contributed by atoms with Gasteiger partial charge < -0.3 is 4.74 Å². The van der Waals surface area contributed by atoms with E-state index >= 15 is 0 Å². The Balaban J connectivity index is 2.36. The summed E-state index contributed by atoms with van der Waals surface area (Å²) in [4.78, 5) is 3.99. The normalized spacial score (nSPS) is 22.6. The number of nitrogens with zero attached hydrogens (tertiary/aromatic N) is 2. The lowest BCUT2D eigenvalue weighted by atomic mass is 10.0. The molecule has 1 saturated heterocycles. The van der Waals surface area contributed by atoms with Gasteiger partial charge in [0.1, 0.15) is 10.0 Å². The molecule has 0 radical (unpaired) electrons. The predicted octanol–water partition coefficient (Wildman–Crippen LogP) is 2.31. The Morgan fingerprint density at radius 2 is 1.75 bits per heavy atom. The Morgan fingerprint density at radius 3 is 2.20 bits per heavy atom. The van der Waals surface area contributed by atoms with Crippen LogP contribution in [0.2, 0.25) is 5.15 Å². The van der Waals surface area contributed by atoms with Gasteiger partial charge in [-0.2, -0.15) is 4.31 Å². The Hall–Kier alpha value is -0.690. The van der Waals surface area contributed by atoms with Crippen molar-refractivity contribution in [1.29, 1.82) is 0 Å². The van der Waals surface area contributed by atoms with E-state index in [4.69, 9.17) is 16.3 Å². The lowest BCUT2D eigenvalue weighted by Gasteiger charge is -2.46. The van der Waals surface area contributed by atoms with E-state index in [9.17, 15) is 8.42 Å². The molecule has 0 aromatic carbocycles. The van der Waals surface area contributed by atoms with Gasteiger partial charge >= 0.3 is 0 Å². The quantitative estimate of drug-likeness (QED) is 0.785. The highest BCUT2D eigenvalue weighted by atomic mass is 35.5. The van der Waals surface area contributed by atoms with E-state index < -0.39 is 21.2 Å². The van der Waals surface area contributed by atoms with Gasteiger partial charge in [0.2, 0.25) is 10.0 Å². The number of hydrogen-bond donors (Lipinski definition) is 0. The Bertz CT molecular complexity index is 581. The third-order valence-corrected chi connectivity index (χ3v) is 5.00. The molecule has 20 heavy (non-hydrogen) atoms. The molecule has 0 N–H and O–H groups in total. The smallest absolute Gasteiger partial charge is 0.244 e. The largest absolute Gasteiger partial charge is 0.367 e. The van der Waals surface area contributed by atoms with Crippen LogP contribution in [0.25, 0.3) is 0 Å². The van der Waals surface area contributed by atoms with Gasteiger partial charge in [-0.15, -0.1) is 0 Å². The highest BCUT2D eigenvalue weighted by Crippen LogP contribution is 2.31. The second kappa shape index (κ2) is 4.94. The Labute approximate surface area is 125 Å². The molecule has 1 aromatic heterocycles. The number of rotatable bonds is 2. The average Bonchev–Trinajstić information content (AvgIpc) is 2.25. The van der Waals surface area contributed by atoms with Gasteiger partial charge in [-0.3, -0.25) is 0 Å². The summed E-state index contributed by atoms with van der Waals surface area (Å²) in [5, 5.41) is 0.270. The number of halogens is 1. The van der Waals surface area contributed by atoms with Crippen LogP contribution in [0, 0.1) is 0 Å². The van der Waals surface area contributed by atoms with Crippen molar-refractivity contribution in [3.05, 3.63) is 23.5 Å². The molecule has 1 aliphatic rings. The molecule has 112 valence electrons. The average molecular weight is 319 g/mol. The molecule has 0 aliphatic carbocycles. The second-order valence-corrected chi connectivity index (χ2v) is 8.54. The molecule has 0 amide bonds. The SMILES string of the molecule is CC1(C)CN(S(=O)(=O)c2ccc(Cl)nc2)CC(C)(C)O1. The number of pyridine rings is 1. The van der Waals surface area contributed by atoms with E-state index in [1.165, 1.54) is 22.6 Å². The third kappa shape index (κ3) is 3.31. The lowest BCUT2D eigenvalue weighted by molar-refractivity contribution is -0.163. The molecule has 2 heterocycles. The van der Waals surface area contributed by atoms with Gasteiger partial charge in [0.25, 0.3) is 0 Å². The number of aromatic nitrogens is 1. The van der Waals surface area contributed by atoms with E-state index in [-0.39, 0.29) is 10.0 Å². The van der Waals surface area contributed by atoms with Crippen molar-refractivity contribution in [2.24, 2.45) is 0 Å². The zero-order chi connectivity index (χ0) is 15.2. The van der Waals surface area contributed by atoms with Crippen LogP contribution in [0.15, 0.2) is 23.2 Å². The topological polar surface area (TPSA) is 59.5 Å². The molecule has 0 spiro atoms. The number of hydrogen-bond acceptors (Lipinski definition) is 4. The summed E-state index contributed by atoms with van der Waals surface area (Å²) < 4.78 is 32.7. The fourth-order valence-electron chi connectivity index (χ4n) is 2.55. The first-order chi connectivity index (χ1) is 9.02. The van der Waals surface area contributed by atoms with Gasteiger partial charge in [0.05, 0.1) is 11.2 Å². The van der Waals surface area contributed by atoms with E-state index in [1.807, 2.05) is 27.7 Å². The third-order valence-electron chi connectivity index (χ3n) is 3.00. The second-order valence-electron chi connectivity index (χ2n) is 6.21. The highest BCUT2D eigenvalue weighted by molar-refractivity contribution is 7.89. The van der Waals surface area contributed by atoms with Crippen LogP contribution in [0.3, 0.4) is 0 Å². The zero-order valence-corrected chi connectivity index (χ0v) is 13.6. The monoisotopic (exact) mass is 318 g/mol. The van der Waals surface area contributed by atoms with Crippen LogP contribution < -0.4 is 0 Å². The summed E-state index contributed by atoms with van der Waals surface area (Å²) in [5.74, 6) is 0. The summed E-state index contributed by atoms with van der Waals surface area (Å²) in [7, 11) is -3.59. The molecule has 5 nitrogen and oxygen atoms in total. The van der Waals surface area contributed by atoms with Crippen LogP contribution >= 0.6 is 11.6 Å². The van der Waals surface area contributed by atoms with Crippen molar-refractivity contribution < 1.29 is 13.2 Å². The first kappa shape index (κ1) is 15.7. The van der Waals surface area contributed by atoms with Crippen molar-refractivity contribution in [2.45, 2.75) is 43.8 Å². The van der Waals surface area contributed by atoms with Gasteiger partial charge in [-0.05, 0) is 39.8 Å². The lowest BCUT2D eigenvalue weighted by Crippen LogP contribution is -2.58. The Morgan fingerprint density at radius 1 is 1.20 bits per heavy atom. The first-order valence-corrected chi connectivity index (χ1v) is 8.16. The van der Waals surface area contributed by atoms with Crippen molar-refractivity contribution in [2.75, 3.05) is 13.1 Å². The standard InChI is InChI=1S/C13H19ClN2O3S/c1-12(2)8-16(9-13(3,4)19-12)20(17,18)10-5-6-11(14)15-7-10/h5-7H,8-9H2,1-4H3. The maximum atomic E-state index is 12.7. The molecule has 0 saturated carbocycles. The van der Waals surface area contributed by atoms with Crippen molar-refractivity contribution in [3.8, 4) is 0 Å². The molecule has 7 heteroatoms. The van der Waals surface area contributed by atoms with E-state index in [1.54, 1.807) is 0 Å². The summed E-state index contributed by atoms with van der Waals surface area (Å²) in [6, 6.07) is 2.95. The fourth-order valence-corrected chi connectivity index (χ4v) is 4.35. The molecule has 1 aromatic rings. The predicted molar refractivity (Wildman–Crippen MR) is 77.2 cm³/mol. The van der Waals surface area contributed by atoms with E-state index in [0.29, 0.717) is 13.1 Å². The summed E-state index contributed by atoms with van der Waals surface area (Å²) >= 11 is 5.70. The summed E-state index contributed by atoms with van der Waals surface area (Å²) in [5.41, 5.74) is -1.07. The van der Waals surface area contributed by atoms with Crippen LogP contribution in [0.1, 0.15) is 27.7 Å². The minimum absolute atomic E-state index is 0.149. The van der Waals surface area contributed by atoms with Crippen LogP contribution in [0.5, 0.6) is 0 Å². The van der Waals surface area contributed by atoms with Gasteiger partial charge in [-0.25, -0.2) is 13.4 Å². The van der Waals surface area contributed by atoms with Crippen LogP contribution in [-0.4, -0.2) is 42.0 Å². The fraction of sp³-hybridized carbons (Fsp3) is 0.615. The molecule has 0 bridgehead atoms. The maximum absolute atomic E-state index is 12.7. The molecule has 2 rings (SSSR count). The molecule has 1 fully saturated rings. The minimum Gasteiger partial charge on any atom is -0.367 e. The van der Waals surface area contributed by atoms with Crippen molar-refractivity contribution in [3.63, 3.8) is 0 Å². The molecule has 0 unspecified atom stereocenters. The Kier molecular flexibility index (Phi) is 3.88. The number of sulfonamides is 1. The summed E-state index contributed by atoms with van der Waals surface area (Å²) in [6.07, 6.45) is 1.28. The van der Waals surface area contributed by atoms with Gasteiger partial charge in [0, 0.05) is 19.3 Å². The highest BCUT2D eigenvalue weighted by Gasteiger charge is 2.43. The van der Waals surface area contributed by atoms with E-state index in [0.717, 1.165) is 0 Å².